The van der Waals surface area contributed by atoms with Crippen LogP contribution in [0.4, 0.5) is 0 Å². The molecule has 7 aromatic heterocycles. The Hall–Kier alpha value is -10.3. The molecule has 0 aliphatic carbocycles. The number of para-hydroxylation sites is 3. The summed E-state index contributed by atoms with van der Waals surface area (Å²) >= 11 is 5.54. The van der Waals surface area contributed by atoms with Crippen LogP contribution in [0.25, 0.3) is 177 Å². The Morgan fingerprint density at radius 3 is 0.726 bits per heavy atom. The lowest BCUT2D eigenvalue weighted by Crippen LogP contribution is -2.13. The van der Waals surface area contributed by atoms with Crippen LogP contribution < -0.4 is 0 Å². The number of benzene rings is 12. The minimum Gasteiger partial charge on any atom is -0.278 e. The summed E-state index contributed by atoms with van der Waals surface area (Å²) in [6.45, 7) is 0. The Morgan fingerprint density at radius 1 is 0.190 bits per heavy atom. The van der Waals surface area contributed by atoms with E-state index in [9.17, 15) is 0 Å². The van der Waals surface area contributed by atoms with E-state index in [-0.39, 0.29) is 0 Å². The second kappa shape index (κ2) is 17.6. The maximum atomic E-state index is 5.65. The first-order chi connectivity index (χ1) is 41.6. The zero-order valence-electron chi connectivity index (χ0n) is 44.7. The van der Waals surface area contributed by atoms with Crippen LogP contribution in [0.1, 0.15) is 0 Å². The number of hydrogen-bond acceptors (Lipinski definition) is 6. The number of hydrogen-bond donors (Lipinski definition) is 0. The Kier molecular flexibility index (Phi) is 9.71. The summed E-state index contributed by atoms with van der Waals surface area (Å²) in [5.41, 5.74) is 13.1. The summed E-state index contributed by atoms with van der Waals surface area (Å²) in [7, 11) is 0. The predicted octanol–water partition coefficient (Wildman–Crippen LogP) is 21.3. The van der Waals surface area contributed by atoms with Crippen molar-refractivity contribution < 1.29 is 0 Å². The number of rotatable bonds is 6. The van der Waals surface area contributed by atoms with Gasteiger partial charge in [-0.15, -0.1) is 34.0 Å². The molecule has 12 aromatic carbocycles. The quantitative estimate of drug-likeness (QED) is 0.167. The number of thiophene rings is 3. The van der Waals surface area contributed by atoms with Crippen molar-refractivity contribution >= 4 is 160 Å². The SMILES string of the molecule is c1ccc2c(c1)sc1ccc(-c3ccc4c(c3)c3ccccc3n4-c3nc(-n4c5ccccc5c5cc(-c6ccc7sc8ccccc8c7c6)ccc54)nc(-n4c5ccccc5c5cc(-c6ccc7sc8ccccc8c7c6)ccc54)n3)cc12. The van der Waals surface area contributed by atoms with Crippen LogP contribution in [0.2, 0.25) is 0 Å². The van der Waals surface area contributed by atoms with Crippen molar-refractivity contribution in [2.45, 2.75) is 0 Å². The fraction of sp³-hybridized carbons (Fsp3) is 0. The highest BCUT2D eigenvalue weighted by Crippen LogP contribution is 2.44. The van der Waals surface area contributed by atoms with E-state index >= 15 is 0 Å². The molecular weight excluding hydrogens is 1080 g/mol. The fourth-order valence-electron chi connectivity index (χ4n) is 13.5. The van der Waals surface area contributed by atoms with Gasteiger partial charge in [0.1, 0.15) is 0 Å². The Morgan fingerprint density at radius 2 is 0.417 bits per heavy atom. The molecule has 0 spiro atoms. The van der Waals surface area contributed by atoms with Gasteiger partial charge in [0.2, 0.25) is 17.8 Å². The van der Waals surface area contributed by atoms with Gasteiger partial charge in [-0.25, -0.2) is 0 Å². The summed E-state index contributed by atoms with van der Waals surface area (Å²) in [6, 6.07) is 93.4. The molecule has 390 valence electrons. The standard InChI is InChI=1S/C75H42N6S3/c1-7-19-61-49(13-1)55-37-43(46-28-34-70-58(40-46)52-16-4-10-22-67(52)82-70)25-31-64(55)79(61)73-76-74(80-62-20-8-2-14-50(62)56-38-44(26-32-65(56)80)47-29-35-71-59(41-47)53-17-5-11-23-68(53)83-71)78-75(77-73)81-63-21-9-3-15-51(63)57-39-45(27-33-66(57)81)48-30-36-72-60(42-48)54-18-6-12-24-69(54)84-72/h1-42H. The maximum absolute atomic E-state index is 5.65. The minimum atomic E-state index is 0.526. The molecule has 0 radical (unpaired) electrons. The number of aromatic nitrogens is 6. The summed E-state index contributed by atoms with van der Waals surface area (Å²) in [6.07, 6.45) is 0. The lowest BCUT2D eigenvalue weighted by Gasteiger charge is -2.14. The summed E-state index contributed by atoms with van der Waals surface area (Å²) in [5, 5.41) is 14.5. The molecular formula is C75H42N6S3. The van der Waals surface area contributed by atoms with E-state index < -0.39 is 0 Å². The van der Waals surface area contributed by atoms with E-state index in [2.05, 4.69) is 268 Å². The Bertz CT molecular complexity index is 5430. The van der Waals surface area contributed by atoms with Gasteiger partial charge >= 0.3 is 0 Å². The number of fused-ring (bicyclic) bond motifs is 18. The fourth-order valence-corrected chi connectivity index (χ4v) is 16.7. The normalized spacial score (nSPS) is 12.3. The van der Waals surface area contributed by atoms with Crippen molar-refractivity contribution in [2.24, 2.45) is 0 Å². The smallest absolute Gasteiger partial charge is 0.241 e. The van der Waals surface area contributed by atoms with E-state index in [4.69, 9.17) is 15.0 Å². The molecule has 0 aliphatic rings. The summed E-state index contributed by atoms with van der Waals surface area (Å²) in [4.78, 5) is 17.0. The van der Waals surface area contributed by atoms with E-state index in [1.807, 2.05) is 34.0 Å². The average molecular weight is 1120 g/mol. The molecule has 0 aliphatic heterocycles. The lowest BCUT2D eigenvalue weighted by atomic mass is 10.0. The molecule has 0 N–H and O–H groups in total. The zero-order valence-corrected chi connectivity index (χ0v) is 47.1. The molecule has 84 heavy (non-hydrogen) atoms. The van der Waals surface area contributed by atoms with Crippen LogP contribution >= 0.6 is 34.0 Å². The predicted molar refractivity (Wildman–Crippen MR) is 358 cm³/mol. The third-order valence-corrected chi connectivity index (χ3v) is 20.8. The molecule has 0 saturated heterocycles. The molecule has 0 bridgehead atoms. The molecule has 0 saturated carbocycles. The van der Waals surface area contributed by atoms with Crippen LogP contribution in [0.5, 0.6) is 0 Å². The van der Waals surface area contributed by atoms with Gasteiger partial charge in [-0.05, 0) is 143 Å². The van der Waals surface area contributed by atoms with Gasteiger partial charge in [0, 0.05) is 92.8 Å². The van der Waals surface area contributed by atoms with Crippen molar-refractivity contribution in [2.75, 3.05) is 0 Å². The molecule has 0 atom stereocenters. The van der Waals surface area contributed by atoms with Gasteiger partial charge in [-0.1, -0.05) is 146 Å². The third kappa shape index (κ3) is 6.79. The van der Waals surface area contributed by atoms with Crippen molar-refractivity contribution in [1.82, 2.24) is 28.7 Å². The topological polar surface area (TPSA) is 53.5 Å². The van der Waals surface area contributed by atoms with Gasteiger partial charge in [0.25, 0.3) is 0 Å². The van der Waals surface area contributed by atoms with E-state index in [0.29, 0.717) is 17.8 Å². The van der Waals surface area contributed by atoms with Crippen molar-refractivity contribution in [1.29, 1.82) is 0 Å². The van der Waals surface area contributed by atoms with Crippen molar-refractivity contribution in [3.8, 4) is 51.2 Å². The first-order valence-electron chi connectivity index (χ1n) is 28.2. The van der Waals surface area contributed by atoms with Gasteiger partial charge in [0.15, 0.2) is 0 Å². The first kappa shape index (κ1) is 46.3. The highest BCUT2D eigenvalue weighted by molar-refractivity contribution is 7.26. The first-order valence-corrected chi connectivity index (χ1v) is 30.7. The van der Waals surface area contributed by atoms with Crippen LogP contribution in [-0.2, 0) is 0 Å². The monoisotopic (exact) mass is 1120 g/mol. The second-order valence-corrected chi connectivity index (χ2v) is 25.2. The molecule has 0 unspecified atom stereocenters. The van der Waals surface area contributed by atoms with E-state index in [1.54, 1.807) is 0 Å². The van der Waals surface area contributed by atoms with Gasteiger partial charge in [0.05, 0.1) is 33.1 Å². The van der Waals surface area contributed by atoms with Crippen LogP contribution in [0, 0.1) is 0 Å². The van der Waals surface area contributed by atoms with Gasteiger partial charge in [-0.2, -0.15) is 15.0 Å². The van der Waals surface area contributed by atoms with E-state index in [1.165, 1.54) is 77.2 Å². The van der Waals surface area contributed by atoms with Gasteiger partial charge in [-0.3, -0.25) is 13.7 Å². The molecule has 0 amide bonds. The lowest BCUT2D eigenvalue weighted by molar-refractivity contribution is 0.848. The van der Waals surface area contributed by atoms with Crippen LogP contribution in [0.3, 0.4) is 0 Å². The van der Waals surface area contributed by atoms with Crippen molar-refractivity contribution in [3.63, 3.8) is 0 Å². The zero-order chi connectivity index (χ0) is 54.7. The summed E-state index contributed by atoms with van der Waals surface area (Å²) in [5.74, 6) is 1.58. The highest BCUT2D eigenvalue weighted by atomic mass is 32.1. The Labute approximate surface area is 491 Å². The minimum absolute atomic E-state index is 0.526. The molecule has 9 heteroatoms. The van der Waals surface area contributed by atoms with Gasteiger partial charge < -0.3 is 0 Å². The molecule has 19 aromatic rings. The maximum Gasteiger partial charge on any atom is 0.241 e. The summed E-state index contributed by atoms with van der Waals surface area (Å²) < 4.78 is 14.5. The van der Waals surface area contributed by atoms with E-state index in [0.717, 1.165) is 82.1 Å². The van der Waals surface area contributed by atoms with Crippen LogP contribution in [0.15, 0.2) is 255 Å². The molecule has 7 heterocycles. The second-order valence-electron chi connectivity index (χ2n) is 21.9. The molecule has 0 fully saturated rings. The highest BCUT2D eigenvalue weighted by Gasteiger charge is 2.24. The third-order valence-electron chi connectivity index (χ3n) is 17.3. The molecule has 6 nitrogen and oxygen atoms in total. The average Bonchev–Trinajstić information content (AvgIpc) is 4.60. The molecule has 19 rings (SSSR count). The van der Waals surface area contributed by atoms with Crippen molar-refractivity contribution in [3.05, 3.63) is 255 Å². The Balaban J connectivity index is 0.841. The largest absolute Gasteiger partial charge is 0.278 e. The number of nitrogens with zero attached hydrogens (tertiary/aromatic N) is 6. The van der Waals surface area contributed by atoms with Crippen LogP contribution in [-0.4, -0.2) is 28.7 Å².